The number of hydrogen-bond acceptors (Lipinski definition) is 3. The van der Waals surface area contributed by atoms with Crippen molar-refractivity contribution in [3.8, 4) is 0 Å². The molecule has 32 heavy (non-hydrogen) atoms. The molecule has 3 aromatic carbocycles. The fourth-order valence-corrected chi connectivity index (χ4v) is 3.64. The summed E-state index contributed by atoms with van der Waals surface area (Å²) >= 11 is 6.03. The van der Waals surface area contributed by atoms with Crippen LogP contribution in [0.1, 0.15) is 16.7 Å². The van der Waals surface area contributed by atoms with E-state index in [1.54, 1.807) is 17.0 Å². The lowest BCUT2D eigenvalue weighted by Crippen LogP contribution is -2.51. The number of halogens is 1. The number of carbonyl (C=O) groups is 2. The third kappa shape index (κ3) is 6.94. The molecule has 6 heteroatoms. The van der Waals surface area contributed by atoms with E-state index in [1.807, 2.05) is 72.8 Å². The van der Waals surface area contributed by atoms with E-state index in [1.165, 1.54) is 0 Å². The maximum absolute atomic E-state index is 13.5. The molecule has 0 aromatic heterocycles. The predicted octanol–water partition coefficient (Wildman–Crippen LogP) is 3.63. The normalized spacial score (nSPS) is 11.6. The highest BCUT2D eigenvalue weighted by atomic mass is 35.5. The van der Waals surface area contributed by atoms with Crippen molar-refractivity contribution in [2.24, 2.45) is 0 Å². The van der Waals surface area contributed by atoms with Gasteiger partial charge >= 0.3 is 0 Å². The summed E-state index contributed by atoms with van der Waals surface area (Å²) in [6.45, 7) is 0.234. The second-order valence-electron chi connectivity index (χ2n) is 7.53. The van der Waals surface area contributed by atoms with Crippen molar-refractivity contribution in [3.63, 3.8) is 0 Å². The molecule has 0 aliphatic rings. The highest BCUT2D eigenvalue weighted by Gasteiger charge is 2.30. The van der Waals surface area contributed by atoms with Crippen molar-refractivity contribution in [2.75, 3.05) is 13.2 Å². The Hall–Kier alpha value is -3.15. The Labute approximate surface area is 193 Å². The lowest BCUT2D eigenvalue weighted by molar-refractivity contribution is -0.140. The number of nitrogens with one attached hydrogen (secondary N) is 1. The fraction of sp³-hybridized carbons (Fsp3) is 0.231. The Morgan fingerprint density at radius 1 is 0.844 bits per heavy atom. The minimum absolute atomic E-state index is 0.131. The number of aliphatic hydroxyl groups excluding tert-OH is 1. The summed E-state index contributed by atoms with van der Waals surface area (Å²) < 4.78 is 0. The average molecular weight is 451 g/mol. The van der Waals surface area contributed by atoms with Crippen LogP contribution in [0.4, 0.5) is 0 Å². The van der Waals surface area contributed by atoms with Crippen molar-refractivity contribution in [3.05, 3.63) is 107 Å². The number of benzene rings is 3. The van der Waals surface area contributed by atoms with Crippen molar-refractivity contribution in [2.45, 2.75) is 25.4 Å². The van der Waals surface area contributed by atoms with Crippen molar-refractivity contribution < 1.29 is 14.7 Å². The first-order valence-corrected chi connectivity index (χ1v) is 10.9. The standard InChI is InChI=1S/C26H27ClN2O3/c27-23-13-11-22(12-14-23)19-29(25(31)18-21-9-5-2-6-10-21)24(26(32)28-15-16-30)17-20-7-3-1-4-8-20/h1-14,24,30H,15-19H2,(H,28,32). The van der Waals surface area contributed by atoms with E-state index < -0.39 is 6.04 Å². The Bertz CT molecular complexity index is 995. The molecule has 2 amide bonds. The number of carbonyl (C=O) groups excluding carboxylic acids is 2. The second-order valence-corrected chi connectivity index (χ2v) is 7.97. The van der Waals surface area contributed by atoms with Crippen LogP contribution in [-0.4, -0.2) is 41.0 Å². The van der Waals surface area contributed by atoms with Gasteiger partial charge in [0.1, 0.15) is 6.04 Å². The van der Waals surface area contributed by atoms with E-state index in [0.717, 1.165) is 16.7 Å². The van der Waals surface area contributed by atoms with E-state index in [2.05, 4.69) is 5.32 Å². The largest absolute Gasteiger partial charge is 0.395 e. The number of hydrogen-bond donors (Lipinski definition) is 2. The molecule has 0 spiro atoms. The lowest BCUT2D eigenvalue weighted by Gasteiger charge is -2.31. The summed E-state index contributed by atoms with van der Waals surface area (Å²) in [7, 11) is 0. The van der Waals surface area contributed by atoms with Crippen molar-refractivity contribution >= 4 is 23.4 Å². The molecule has 1 unspecified atom stereocenters. The summed E-state index contributed by atoms with van der Waals surface area (Å²) in [4.78, 5) is 28.2. The van der Waals surface area contributed by atoms with Gasteiger partial charge in [-0.3, -0.25) is 9.59 Å². The van der Waals surface area contributed by atoms with Gasteiger partial charge in [-0.1, -0.05) is 84.4 Å². The van der Waals surface area contributed by atoms with Gasteiger partial charge in [0, 0.05) is 24.5 Å². The molecule has 0 radical (unpaired) electrons. The average Bonchev–Trinajstić information content (AvgIpc) is 2.82. The topological polar surface area (TPSA) is 69.6 Å². The summed E-state index contributed by atoms with van der Waals surface area (Å²) in [5.74, 6) is -0.440. The fourth-order valence-electron chi connectivity index (χ4n) is 3.51. The van der Waals surface area contributed by atoms with Gasteiger partial charge in [-0.25, -0.2) is 0 Å². The predicted molar refractivity (Wildman–Crippen MR) is 126 cm³/mol. The Kier molecular flexibility index (Phi) is 8.84. The van der Waals surface area contributed by atoms with Gasteiger partial charge in [0.15, 0.2) is 0 Å². The molecule has 0 aliphatic heterocycles. The van der Waals surface area contributed by atoms with Crippen LogP contribution < -0.4 is 5.32 Å². The van der Waals surface area contributed by atoms with Gasteiger partial charge in [-0.05, 0) is 28.8 Å². The smallest absolute Gasteiger partial charge is 0.243 e. The summed E-state index contributed by atoms with van der Waals surface area (Å²) in [6, 6.07) is 25.6. The molecule has 0 bridgehead atoms. The van der Waals surface area contributed by atoms with Crippen molar-refractivity contribution in [1.29, 1.82) is 0 Å². The molecule has 166 valence electrons. The number of amides is 2. The molecule has 0 aliphatic carbocycles. The van der Waals surface area contributed by atoms with E-state index >= 15 is 0 Å². The number of rotatable bonds is 10. The maximum Gasteiger partial charge on any atom is 0.243 e. The van der Waals surface area contributed by atoms with Crippen LogP contribution in [0.2, 0.25) is 5.02 Å². The third-order valence-electron chi connectivity index (χ3n) is 5.15. The molecule has 5 nitrogen and oxygen atoms in total. The molecule has 0 saturated carbocycles. The molecule has 2 N–H and O–H groups in total. The van der Waals surface area contributed by atoms with Crippen LogP contribution in [0, 0.1) is 0 Å². The zero-order valence-corrected chi connectivity index (χ0v) is 18.5. The first kappa shape index (κ1) is 23.5. The number of aliphatic hydroxyl groups is 1. The van der Waals surface area contributed by atoms with Crippen LogP contribution in [0.3, 0.4) is 0 Å². The molecule has 3 aromatic rings. The van der Waals surface area contributed by atoms with E-state index in [9.17, 15) is 14.7 Å². The highest BCUT2D eigenvalue weighted by Crippen LogP contribution is 2.18. The van der Waals surface area contributed by atoms with Gasteiger partial charge in [0.2, 0.25) is 11.8 Å². The lowest BCUT2D eigenvalue weighted by atomic mass is 10.0. The van der Waals surface area contributed by atoms with Gasteiger partial charge in [-0.2, -0.15) is 0 Å². The zero-order chi connectivity index (χ0) is 22.8. The summed E-state index contributed by atoms with van der Waals surface area (Å²) in [5.41, 5.74) is 2.71. The molecular weight excluding hydrogens is 424 g/mol. The molecule has 0 fully saturated rings. The molecule has 1 atom stereocenters. The Morgan fingerprint density at radius 2 is 1.44 bits per heavy atom. The van der Waals surface area contributed by atoms with Crippen LogP contribution in [0.5, 0.6) is 0 Å². The number of nitrogens with zero attached hydrogens (tertiary/aromatic N) is 1. The first-order chi connectivity index (χ1) is 15.6. The molecule has 0 saturated heterocycles. The van der Waals surface area contributed by atoms with Gasteiger partial charge < -0.3 is 15.3 Å². The second kappa shape index (κ2) is 12.0. The summed E-state index contributed by atoms with van der Waals surface area (Å²) in [5, 5.41) is 12.5. The van der Waals surface area contributed by atoms with Crippen LogP contribution in [0.25, 0.3) is 0 Å². The minimum Gasteiger partial charge on any atom is -0.395 e. The Balaban J connectivity index is 1.93. The molecular formula is C26H27ClN2O3. The van der Waals surface area contributed by atoms with Crippen molar-refractivity contribution in [1.82, 2.24) is 10.2 Å². The van der Waals surface area contributed by atoms with E-state index in [0.29, 0.717) is 11.4 Å². The maximum atomic E-state index is 13.5. The third-order valence-corrected chi connectivity index (χ3v) is 5.40. The molecule has 3 rings (SSSR count). The quantitative estimate of drug-likeness (QED) is 0.495. The van der Waals surface area contributed by atoms with E-state index in [4.69, 9.17) is 11.6 Å². The van der Waals surface area contributed by atoms with Crippen LogP contribution in [0.15, 0.2) is 84.9 Å². The zero-order valence-electron chi connectivity index (χ0n) is 17.8. The monoisotopic (exact) mass is 450 g/mol. The molecule has 0 heterocycles. The Morgan fingerprint density at radius 3 is 2.03 bits per heavy atom. The summed E-state index contributed by atoms with van der Waals surface area (Å²) in [6.07, 6.45) is 0.555. The SMILES string of the molecule is O=C(NCCO)C(Cc1ccccc1)N(Cc1ccc(Cl)cc1)C(=O)Cc1ccccc1. The van der Waals surface area contributed by atoms with Gasteiger partial charge in [0.25, 0.3) is 0 Å². The first-order valence-electron chi connectivity index (χ1n) is 10.6. The van der Waals surface area contributed by atoms with E-state index in [-0.39, 0.29) is 37.9 Å². The van der Waals surface area contributed by atoms with Crippen LogP contribution >= 0.6 is 11.6 Å². The van der Waals surface area contributed by atoms with Gasteiger partial charge in [-0.15, -0.1) is 0 Å². The minimum atomic E-state index is -0.726. The highest BCUT2D eigenvalue weighted by molar-refractivity contribution is 6.30. The van der Waals surface area contributed by atoms with Crippen LogP contribution in [-0.2, 0) is 29.0 Å². The van der Waals surface area contributed by atoms with Gasteiger partial charge in [0.05, 0.1) is 13.0 Å².